The smallest absolute Gasteiger partial charge is 0.335 e. The highest BCUT2D eigenvalue weighted by Gasteiger charge is 2.51. The van der Waals surface area contributed by atoms with Crippen LogP contribution in [0.1, 0.15) is 62.1 Å². The lowest BCUT2D eigenvalue weighted by atomic mass is 9.48. The van der Waals surface area contributed by atoms with Crippen LogP contribution >= 0.6 is 27.5 Å². The van der Waals surface area contributed by atoms with Crippen molar-refractivity contribution in [3.05, 3.63) is 92.4 Å². The minimum absolute atomic E-state index is 0.149. The normalized spacial score (nSPS) is 26.4. The minimum atomic E-state index is -0.758. The first kappa shape index (κ1) is 30.1. The van der Waals surface area contributed by atoms with Gasteiger partial charge in [0.15, 0.2) is 11.5 Å². The van der Waals surface area contributed by atoms with E-state index in [2.05, 4.69) is 33.4 Å². The Morgan fingerprint density at radius 3 is 2.20 bits per heavy atom. The summed E-state index contributed by atoms with van der Waals surface area (Å²) in [6.07, 6.45) is 9.25. The van der Waals surface area contributed by atoms with Crippen molar-refractivity contribution in [2.45, 2.75) is 57.5 Å². The number of nitrogens with one attached hydrogen (secondary N) is 1. The molecule has 1 aliphatic heterocycles. The van der Waals surface area contributed by atoms with E-state index in [0.717, 1.165) is 28.2 Å². The van der Waals surface area contributed by atoms with Crippen molar-refractivity contribution in [2.75, 3.05) is 11.5 Å². The standard InChI is InChI=1S/C36H34BrClN2O5/c1-2-44-31-16-22(15-30(37)32(31)45-20-21-3-7-27(38)8-4-21)14-29-33(41)39-35(43)40(34(29)42)28-9-5-26(6-10-28)36-17-23-11-24(18-36)13-25(12-23)19-36/h3-10,14-16,23-25H,2,11-13,17-20H2,1H3,(H,39,41,43)/b29-14+. The SMILES string of the molecule is CCOc1cc(/C=C2\C(=O)NC(=O)N(c3ccc(C45CC6CC(CC(C6)C4)C5)cc3)C2=O)cc(Br)c1OCc1ccc(Cl)cc1. The van der Waals surface area contributed by atoms with Gasteiger partial charge < -0.3 is 9.47 Å². The van der Waals surface area contributed by atoms with Gasteiger partial charge in [-0.1, -0.05) is 35.9 Å². The molecule has 4 amide bonds. The van der Waals surface area contributed by atoms with Gasteiger partial charge in [0.05, 0.1) is 16.8 Å². The lowest BCUT2D eigenvalue weighted by Gasteiger charge is -2.57. The van der Waals surface area contributed by atoms with E-state index in [1.165, 1.54) is 50.2 Å². The van der Waals surface area contributed by atoms with Crippen molar-refractivity contribution < 1.29 is 23.9 Å². The summed E-state index contributed by atoms with van der Waals surface area (Å²) in [6.45, 7) is 2.53. The Morgan fingerprint density at radius 2 is 1.58 bits per heavy atom. The second-order valence-corrected chi connectivity index (χ2v) is 14.2. The first-order valence-corrected chi connectivity index (χ1v) is 16.7. The van der Waals surface area contributed by atoms with Crippen molar-refractivity contribution in [3.8, 4) is 11.5 Å². The molecule has 0 aromatic heterocycles. The van der Waals surface area contributed by atoms with Gasteiger partial charge in [-0.15, -0.1) is 0 Å². The highest BCUT2D eigenvalue weighted by atomic mass is 79.9. The van der Waals surface area contributed by atoms with Gasteiger partial charge in [0.2, 0.25) is 0 Å². The predicted molar refractivity (Wildman–Crippen MR) is 176 cm³/mol. The molecule has 5 fully saturated rings. The predicted octanol–water partition coefficient (Wildman–Crippen LogP) is 8.21. The summed E-state index contributed by atoms with van der Waals surface area (Å²) >= 11 is 9.57. The fourth-order valence-electron chi connectivity index (χ4n) is 8.30. The van der Waals surface area contributed by atoms with Crippen LogP contribution < -0.4 is 19.7 Å². The van der Waals surface area contributed by atoms with Crippen LogP contribution in [0, 0.1) is 17.8 Å². The van der Waals surface area contributed by atoms with Crippen LogP contribution in [0.4, 0.5) is 10.5 Å². The zero-order valence-corrected chi connectivity index (χ0v) is 27.3. The van der Waals surface area contributed by atoms with Gasteiger partial charge in [-0.25, -0.2) is 9.69 Å². The highest BCUT2D eigenvalue weighted by molar-refractivity contribution is 9.10. The summed E-state index contributed by atoms with van der Waals surface area (Å²) in [4.78, 5) is 40.6. The summed E-state index contributed by atoms with van der Waals surface area (Å²) in [5, 5.41) is 2.98. The monoisotopic (exact) mass is 688 g/mol. The number of halogens is 2. The zero-order chi connectivity index (χ0) is 31.3. The Labute approximate surface area is 276 Å². The van der Waals surface area contributed by atoms with Crippen LogP contribution in [0.5, 0.6) is 11.5 Å². The molecular formula is C36H34BrClN2O5. The topological polar surface area (TPSA) is 84.9 Å². The molecule has 7 nitrogen and oxygen atoms in total. The number of urea groups is 1. The van der Waals surface area contributed by atoms with E-state index in [4.69, 9.17) is 21.1 Å². The van der Waals surface area contributed by atoms with Gasteiger partial charge in [0, 0.05) is 5.02 Å². The Kier molecular flexibility index (Phi) is 7.98. The van der Waals surface area contributed by atoms with Crippen molar-refractivity contribution in [2.24, 2.45) is 17.8 Å². The van der Waals surface area contributed by atoms with E-state index < -0.39 is 17.8 Å². The molecule has 4 bridgehead atoms. The second kappa shape index (κ2) is 12.0. The van der Waals surface area contributed by atoms with E-state index in [1.54, 1.807) is 24.3 Å². The van der Waals surface area contributed by atoms with Crippen molar-refractivity contribution >= 4 is 57.1 Å². The molecule has 3 aromatic rings. The number of benzene rings is 3. The minimum Gasteiger partial charge on any atom is -0.490 e. The molecule has 3 aromatic carbocycles. The summed E-state index contributed by atoms with van der Waals surface area (Å²) in [6, 6.07) is 17.9. The van der Waals surface area contributed by atoms with Gasteiger partial charge in [0.1, 0.15) is 12.2 Å². The van der Waals surface area contributed by atoms with Crippen LogP contribution in [-0.4, -0.2) is 24.5 Å². The van der Waals surface area contributed by atoms with Crippen LogP contribution in [0.25, 0.3) is 6.08 Å². The summed E-state index contributed by atoms with van der Waals surface area (Å²) in [5.41, 5.74) is 3.26. The molecule has 4 aliphatic carbocycles. The number of nitrogens with zero attached hydrogens (tertiary/aromatic N) is 1. The van der Waals surface area contributed by atoms with Crippen molar-refractivity contribution in [1.82, 2.24) is 5.32 Å². The molecule has 1 saturated heterocycles. The van der Waals surface area contributed by atoms with Crippen LogP contribution in [0.15, 0.2) is 70.7 Å². The van der Waals surface area contributed by atoms with Crippen LogP contribution in [-0.2, 0) is 21.6 Å². The Morgan fingerprint density at radius 1 is 0.933 bits per heavy atom. The maximum Gasteiger partial charge on any atom is 0.335 e. The zero-order valence-electron chi connectivity index (χ0n) is 25.0. The molecule has 1 N–H and O–H groups in total. The van der Waals surface area contributed by atoms with E-state index in [0.29, 0.717) is 38.9 Å². The number of rotatable bonds is 8. The largest absolute Gasteiger partial charge is 0.490 e. The van der Waals surface area contributed by atoms with E-state index in [-0.39, 0.29) is 17.6 Å². The third-order valence-corrected chi connectivity index (χ3v) is 10.7. The number of carbonyl (C=O) groups excluding carboxylic acids is 3. The number of carbonyl (C=O) groups is 3. The summed E-state index contributed by atoms with van der Waals surface area (Å²) < 4.78 is 12.5. The molecular weight excluding hydrogens is 656 g/mol. The van der Waals surface area contributed by atoms with Crippen LogP contribution in [0.2, 0.25) is 5.02 Å². The van der Waals surface area contributed by atoms with Gasteiger partial charge in [-0.3, -0.25) is 14.9 Å². The number of imide groups is 2. The molecule has 4 saturated carbocycles. The maximum absolute atomic E-state index is 13.7. The van der Waals surface area contributed by atoms with Gasteiger partial charge in [-0.05, 0) is 144 Å². The molecule has 0 unspecified atom stereocenters. The number of ether oxygens (including phenoxy) is 2. The average molecular weight is 690 g/mol. The molecule has 0 spiro atoms. The highest BCUT2D eigenvalue weighted by Crippen LogP contribution is 2.60. The molecule has 9 heteroatoms. The van der Waals surface area contributed by atoms with Gasteiger partial charge in [-0.2, -0.15) is 0 Å². The van der Waals surface area contributed by atoms with Gasteiger partial charge in [0.25, 0.3) is 11.8 Å². The van der Waals surface area contributed by atoms with Crippen molar-refractivity contribution in [3.63, 3.8) is 0 Å². The average Bonchev–Trinajstić information content (AvgIpc) is 2.99. The number of anilines is 1. The number of amides is 4. The van der Waals surface area contributed by atoms with E-state index in [9.17, 15) is 14.4 Å². The number of hydrogen-bond donors (Lipinski definition) is 1. The molecule has 45 heavy (non-hydrogen) atoms. The van der Waals surface area contributed by atoms with E-state index >= 15 is 0 Å². The quantitative estimate of drug-likeness (QED) is 0.190. The Balaban J connectivity index is 1.14. The first-order valence-electron chi connectivity index (χ1n) is 15.6. The summed E-state index contributed by atoms with van der Waals surface area (Å²) in [5.74, 6) is 1.96. The molecule has 232 valence electrons. The Bertz CT molecular complexity index is 1670. The molecule has 0 atom stereocenters. The van der Waals surface area contributed by atoms with Crippen LogP contribution in [0.3, 0.4) is 0 Å². The molecule has 1 heterocycles. The Hall–Kier alpha value is -3.62. The lowest BCUT2D eigenvalue weighted by Crippen LogP contribution is -2.54. The molecule has 5 aliphatic rings. The number of hydrogen-bond acceptors (Lipinski definition) is 5. The van der Waals surface area contributed by atoms with Gasteiger partial charge >= 0.3 is 6.03 Å². The van der Waals surface area contributed by atoms with Crippen molar-refractivity contribution in [1.29, 1.82) is 0 Å². The first-order chi connectivity index (χ1) is 21.7. The molecule has 0 radical (unpaired) electrons. The maximum atomic E-state index is 13.7. The third-order valence-electron chi connectivity index (χ3n) is 9.82. The second-order valence-electron chi connectivity index (χ2n) is 12.9. The fourth-order valence-corrected chi connectivity index (χ4v) is 9.00. The lowest BCUT2D eigenvalue weighted by molar-refractivity contribution is -0.122. The fraction of sp³-hybridized carbons (Fsp3) is 0.361. The summed E-state index contributed by atoms with van der Waals surface area (Å²) in [7, 11) is 0. The third kappa shape index (κ3) is 5.79. The van der Waals surface area contributed by atoms with E-state index in [1.807, 2.05) is 31.2 Å². The number of barbiturate groups is 1. The molecule has 8 rings (SSSR count).